The Hall–Kier alpha value is -0.570. The molecular formula is C17H25ClO2. The number of hydrogen-bond acceptors (Lipinski definition) is 2. The molecule has 3 heteroatoms. The van der Waals surface area contributed by atoms with Gasteiger partial charge < -0.3 is 9.84 Å². The van der Waals surface area contributed by atoms with Crippen molar-refractivity contribution in [3.63, 3.8) is 0 Å². The van der Waals surface area contributed by atoms with Crippen molar-refractivity contribution in [3.8, 4) is 0 Å². The SMILES string of the molecule is CCOC1(C(O)Cc2ccc(Cl)cc2)CCCC(C)C1. The first kappa shape index (κ1) is 15.8. The molecule has 0 bridgehead atoms. The molecule has 0 aliphatic heterocycles. The van der Waals surface area contributed by atoms with Crippen molar-refractivity contribution in [2.24, 2.45) is 5.92 Å². The molecule has 3 atom stereocenters. The van der Waals surface area contributed by atoms with Gasteiger partial charge in [0, 0.05) is 18.1 Å². The molecule has 3 unspecified atom stereocenters. The average Bonchev–Trinajstić information content (AvgIpc) is 2.41. The van der Waals surface area contributed by atoms with E-state index in [2.05, 4.69) is 6.92 Å². The Morgan fingerprint density at radius 2 is 2.10 bits per heavy atom. The summed E-state index contributed by atoms with van der Waals surface area (Å²) in [6.45, 7) is 4.92. The number of halogens is 1. The first-order valence-electron chi connectivity index (χ1n) is 7.62. The molecule has 1 aliphatic rings. The third kappa shape index (κ3) is 3.75. The van der Waals surface area contributed by atoms with Crippen molar-refractivity contribution in [2.75, 3.05) is 6.61 Å². The van der Waals surface area contributed by atoms with Gasteiger partial charge in [0.05, 0.1) is 11.7 Å². The van der Waals surface area contributed by atoms with Crippen molar-refractivity contribution >= 4 is 11.6 Å². The Morgan fingerprint density at radius 1 is 1.40 bits per heavy atom. The van der Waals surface area contributed by atoms with Gasteiger partial charge in [0.1, 0.15) is 0 Å². The fraction of sp³-hybridized carbons (Fsp3) is 0.647. The van der Waals surface area contributed by atoms with Crippen LogP contribution in [-0.2, 0) is 11.2 Å². The van der Waals surface area contributed by atoms with E-state index in [1.54, 1.807) is 0 Å². The molecule has 20 heavy (non-hydrogen) atoms. The predicted molar refractivity (Wildman–Crippen MR) is 83.2 cm³/mol. The van der Waals surface area contributed by atoms with Gasteiger partial charge in [-0.2, -0.15) is 0 Å². The van der Waals surface area contributed by atoms with E-state index in [1.165, 1.54) is 6.42 Å². The van der Waals surface area contributed by atoms with E-state index in [9.17, 15) is 5.11 Å². The molecule has 1 fully saturated rings. The van der Waals surface area contributed by atoms with E-state index in [0.29, 0.717) is 18.9 Å². The third-order valence-electron chi connectivity index (χ3n) is 4.37. The minimum Gasteiger partial charge on any atom is -0.390 e. The molecule has 0 radical (unpaired) electrons. The second-order valence-electron chi connectivity index (χ2n) is 6.05. The lowest BCUT2D eigenvalue weighted by molar-refractivity contribution is -0.147. The fourth-order valence-corrected chi connectivity index (χ4v) is 3.52. The second kappa shape index (κ2) is 6.93. The first-order chi connectivity index (χ1) is 9.55. The van der Waals surface area contributed by atoms with Crippen molar-refractivity contribution in [3.05, 3.63) is 34.9 Å². The highest BCUT2D eigenvalue weighted by Crippen LogP contribution is 2.38. The first-order valence-corrected chi connectivity index (χ1v) is 8.00. The molecule has 0 spiro atoms. The van der Waals surface area contributed by atoms with Crippen LogP contribution in [0.15, 0.2) is 24.3 Å². The normalized spacial score (nSPS) is 28.3. The van der Waals surface area contributed by atoms with E-state index in [0.717, 1.165) is 29.8 Å². The molecule has 2 nitrogen and oxygen atoms in total. The molecule has 0 amide bonds. The van der Waals surface area contributed by atoms with Crippen LogP contribution in [0.2, 0.25) is 5.02 Å². The summed E-state index contributed by atoms with van der Waals surface area (Å²) in [6.07, 6.45) is 4.46. The van der Waals surface area contributed by atoms with Crippen LogP contribution in [0, 0.1) is 5.92 Å². The molecule has 1 saturated carbocycles. The topological polar surface area (TPSA) is 29.5 Å². The van der Waals surface area contributed by atoms with Gasteiger partial charge in [0.15, 0.2) is 0 Å². The molecule has 2 rings (SSSR count). The van der Waals surface area contributed by atoms with Crippen LogP contribution in [0.4, 0.5) is 0 Å². The summed E-state index contributed by atoms with van der Waals surface area (Å²) < 4.78 is 6.02. The summed E-state index contributed by atoms with van der Waals surface area (Å²) in [7, 11) is 0. The number of hydrogen-bond donors (Lipinski definition) is 1. The largest absolute Gasteiger partial charge is 0.390 e. The lowest BCUT2D eigenvalue weighted by Crippen LogP contribution is -2.49. The van der Waals surface area contributed by atoms with Crippen LogP contribution in [0.25, 0.3) is 0 Å². The summed E-state index contributed by atoms with van der Waals surface area (Å²) >= 11 is 5.91. The van der Waals surface area contributed by atoms with Crippen LogP contribution >= 0.6 is 11.6 Å². The van der Waals surface area contributed by atoms with Crippen LogP contribution in [-0.4, -0.2) is 23.4 Å². The molecular weight excluding hydrogens is 272 g/mol. The minimum atomic E-state index is -0.452. The highest BCUT2D eigenvalue weighted by molar-refractivity contribution is 6.30. The zero-order valence-corrected chi connectivity index (χ0v) is 13.2. The summed E-state index contributed by atoms with van der Waals surface area (Å²) in [5, 5.41) is 11.5. The van der Waals surface area contributed by atoms with Crippen LogP contribution in [0.3, 0.4) is 0 Å². The third-order valence-corrected chi connectivity index (χ3v) is 4.62. The zero-order valence-electron chi connectivity index (χ0n) is 12.4. The van der Waals surface area contributed by atoms with E-state index >= 15 is 0 Å². The zero-order chi connectivity index (χ0) is 14.6. The summed E-state index contributed by atoms with van der Waals surface area (Å²) in [4.78, 5) is 0. The maximum absolute atomic E-state index is 10.7. The Kier molecular flexibility index (Phi) is 5.48. The van der Waals surface area contributed by atoms with Gasteiger partial charge in [-0.1, -0.05) is 43.5 Å². The van der Waals surface area contributed by atoms with Gasteiger partial charge in [0.2, 0.25) is 0 Å². The highest BCUT2D eigenvalue weighted by Gasteiger charge is 2.41. The maximum atomic E-state index is 10.7. The van der Waals surface area contributed by atoms with Gasteiger partial charge >= 0.3 is 0 Å². The Morgan fingerprint density at radius 3 is 2.70 bits per heavy atom. The number of aliphatic hydroxyl groups is 1. The van der Waals surface area contributed by atoms with Crippen molar-refractivity contribution < 1.29 is 9.84 Å². The monoisotopic (exact) mass is 296 g/mol. The second-order valence-corrected chi connectivity index (χ2v) is 6.48. The number of aliphatic hydroxyl groups excluding tert-OH is 1. The maximum Gasteiger partial charge on any atom is 0.0945 e. The van der Waals surface area contributed by atoms with E-state index in [-0.39, 0.29) is 5.60 Å². The van der Waals surface area contributed by atoms with E-state index in [4.69, 9.17) is 16.3 Å². The lowest BCUT2D eigenvalue weighted by atomic mass is 9.74. The van der Waals surface area contributed by atoms with Crippen LogP contribution in [0.5, 0.6) is 0 Å². The number of ether oxygens (including phenoxy) is 1. The molecule has 0 aromatic heterocycles. The fourth-order valence-electron chi connectivity index (χ4n) is 3.39. The standard InChI is InChI=1S/C17H25ClO2/c1-3-20-17(10-4-5-13(2)12-17)16(19)11-14-6-8-15(18)9-7-14/h6-9,13,16,19H,3-5,10-12H2,1-2H3. The summed E-state index contributed by atoms with van der Waals surface area (Å²) in [5.74, 6) is 0.621. The predicted octanol–water partition coefficient (Wildman–Crippen LogP) is 4.23. The van der Waals surface area contributed by atoms with Crippen molar-refractivity contribution in [1.29, 1.82) is 0 Å². The smallest absolute Gasteiger partial charge is 0.0945 e. The molecule has 0 saturated heterocycles. The number of benzene rings is 1. The Labute approximate surface area is 127 Å². The van der Waals surface area contributed by atoms with Gasteiger partial charge in [-0.15, -0.1) is 0 Å². The van der Waals surface area contributed by atoms with E-state index in [1.807, 2.05) is 31.2 Å². The Balaban J connectivity index is 2.10. The number of rotatable bonds is 5. The molecule has 112 valence electrons. The van der Waals surface area contributed by atoms with Crippen LogP contribution in [0.1, 0.15) is 45.1 Å². The van der Waals surface area contributed by atoms with Gasteiger partial charge in [-0.3, -0.25) is 0 Å². The van der Waals surface area contributed by atoms with E-state index < -0.39 is 6.10 Å². The van der Waals surface area contributed by atoms with Gasteiger partial charge in [-0.05, 0) is 43.4 Å². The minimum absolute atomic E-state index is 0.369. The summed E-state index contributed by atoms with van der Waals surface area (Å²) in [6, 6.07) is 7.72. The lowest BCUT2D eigenvalue weighted by Gasteiger charge is -2.43. The highest BCUT2D eigenvalue weighted by atomic mass is 35.5. The van der Waals surface area contributed by atoms with Gasteiger partial charge in [-0.25, -0.2) is 0 Å². The summed E-state index contributed by atoms with van der Waals surface area (Å²) in [5.41, 5.74) is 0.741. The quantitative estimate of drug-likeness (QED) is 0.881. The van der Waals surface area contributed by atoms with Gasteiger partial charge in [0.25, 0.3) is 0 Å². The van der Waals surface area contributed by atoms with Crippen molar-refractivity contribution in [2.45, 2.75) is 57.7 Å². The Bertz CT molecular complexity index is 414. The van der Waals surface area contributed by atoms with Crippen molar-refractivity contribution in [1.82, 2.24) is 0 Å². The molecule has 1 aliphatic carbocycles. The van der Waals surface area contributed by atoms with Crippen LogP contribution < -0.4 is 0 Å². The average molecular weight is 297 g/mol. The molecule has 1 N–H and O–H groups in total. The molecule has 0 heterocycles. The molecule has 1 aromatic carbocycles. The molecule has 1 aromatic rings.